The third kappa shape index (κ3) is 8.18. The lowest BCUT2D eigenvalue weighted by Gasteiger charge is -2.10. The van der Waals surface area contributed by atoms with E-state index < -0.39 is 0 Å². The van der Waals surface area contributed by atoms with E-state index in [9.17, 15) is 0 Å². The smallest absolute Gasteiger partial charge is 0.0541 e. The van der Waals surface area contributed by atoms with Crippen LogP contribution < -0.4 is 5.32 Å². The van der Waals surface area contributed by atoms with E-state index in [0.717, 1.165) is 33.6 Å². The first kappa shape index (κ1) is 38.0. The van der Waals surface area contributed by atoms with Crippen molar-refractivity contribution >= 4 is 39.1 Å². The highest BCUT2D eigenvalue weighted by molar-refractivity contribution is 6.10. The summed E-state index contributed by atoms with van der Waals surface area (Å²) in [6.45, 7) is 0. The van der Waals surface area contributed by atoms with Gasteiger partial charge in [-0.2, -0.15) is 0 Å². The van der Waals surface area contributed by atoms with Crippen molar-refractivity contribution in [2.45, 2.75) is 0 Å². The molecule has 1 N–H and O–H groups in total. The lowest BCUT2D eigenvalue weighted by atomic mass is 9.97. The van der Waals surface area contributed by atoms with E-state index in [4.69, 9.17) is 0 Å². The van der Waals surface area contributed by atoms with Crippen LogP contribution in [0.25, 0.3) is 83.6 Å². The fourth-order valence-electron chi connectivity index (χ4n) is 8.31. The molecule has 1 heterocycles. The first-order chi connectivity index (χ1) is 30.7. The van der Waals surface area contributed by atoms with Gasteiger partial charge in [0, 0.05) is 28.3 Å². The highest BCUT2D eigenvalue weighted by atomic mass is 15.0. The molecule has 9 aromatic carbocycles. The standard InChI is InChI=1S/C60H44N2/c1-4-15-45(16-5-1)48(31-28-44-29-32-49(33-30-44)46-17-6-2-7-18-46)24-14-40-61-55-25-13-23-53(42-55)51-21-12-22-52(41-51)54-36-39-60-58(43-54)57-26-10-11-27-59(57)62(60)56-37-34-50(35-38-56)47-19-8-3-9-20-47/h1-43,61H/b31-28-,40-14+,48-24+. The van der Waals surface area contributed by atoms with Gasteiger partial charge >= 0.3 is 0 Å². The lowest BCUT2D eigenvalue weighted by molar-refractivity contribution is 1.18. The van der Waals surface area contributed by atoms with Gasteiger partial charge in [0.15, 0.2) is 0 Å². The minimum atomic E-state index is 1.03. The van der Waals surface area contributed by atoms with Crippen molar-refractivity contribution in [3.05, 3.63) is 266 Å². The highest BCUT2D eigenvalue weighted by Gasteiger charge is 2.14. The average Bonchev–Trinajstić information content (AvgIpc) is 3.68. The van der Waals surface area contributed by atoms with Crippen molar-refractivity contribution in [3.63, 3.8) is 0 Å². The second-order valence-corrected chi connectivity index (χ2v) is 15.5. The fourth-order valence-corrected chi connectivity index (χ4v) is 8.31. The lowest BCUT2D eigenvalue weighted by Crippen LogP contribution is -1.93. The molecule has 0 aliphatic heterocycles. The molecule has 0 amide bonds. The van der Waals surface area contributed by atoms with E-state index in [1.807, 2.05) is 6.20 Å². The van der Waals surface area contributed by atoms with Gasteiger partial charge in [-0.05, 0) is 116 Å². The number of para-hydroxylation sites is 1. The molecule has 0 atom stereocenters. The largest absolute Gasteiger partial charge is 0.362 e. The third-order valence-corrected chi connectivity index (χ3v) is 11.5. The zero-order valence-corrected chi connectivity index (χ0v) is 34.3. The molecule has 10 aromatic rings. The summed E-state index contributed by atoms with van der Waals surface area (Å²) in [5.74, 6) is 0. The number of nitrogens with zero attached hydrogens (tertiary/aromatic N) is 1. The summed E-state index contributed by atoms with van der Waals surface area (Å²) in [6.07, 6.45) is 10.6. The van der Waals surface area contributed by atoms with Gasteiger partial charge in [0.05, 0.1) is 11.0 Å². The zero-order valence-electron chi connectivity index (χ0n) is 34.3. The Morgan fingerprint density at radius 2 is 0.903 bits per heavy atom. The van der Waals surface area contributed by atoms with Crippen LogP contribution in [-0.4, -0.2) is 4.57 Å². The fraction of sp³-hybridized carbons (Fsp3) is 0. The summed E-state index contributed by atoms with van der Waals surface area (Å²) < 4.78 is 2.38. The number of aromatic nitrogens is 1. The molecule has 0 saturated heterocycles. The van der Waals surface area contributed by atoms with E-state index in [1.165, 1.54) is 60.8 Å². The van der Waals surface area contributed by atoms with E-state index in [2.05, 4.69) is 265 Å². The predicted octanol–water partition coefficient (Wildman–Crippen LogP) is 16.2. The normalized spacial score (nSPS) is 11.8. The Balaban J connectivity index is 0.879. The Kier molecular flexibility index (Phi) is 10.8. The molecule has 62 heavy (non-hydrogen) atoms. The molecule has 0 unspecified atom stereocenters. The second kappa shape index (κ2) is 17.6. The number of fused-ring (bicyclic) bond motifs is 3. The number of nitrogens with one attached hydrogen (secondary N) is 1. The molecule has 10 rings (SSSR count). The van der Waals surface area contributed by atoms with Crippen molar-refractivity contribution in [2.75, 3.05) is 5.32 Å². The number of hydrogen-bond acceptors (Lipinski definition) is 1. The van der Waals surface area contributed by atoms with Gasteiger partial charge in [0.25, 0.3) is 0 Å². The van der Waals surface area contributed by atoms with Crippen LogP contribution in [0.1, 0.15) is 11.1 Å². The average molecular weight is 793 g/mol. The van der Waals surface area contributed by atoms with Crippen molar-refractivity contribution in [1.29, 1.82) is 0 Å². The Morgan fingerprint density at radius 3 is 1.60 bits per heavy atom. The maximum Gasteiger partial charge on any atom is 0.0541 e. The maximum absolute atomic E-state index is 3.52. The van der Waals surface area contributed by atoms with Gasteiger partial charge in [0.2, 0.25) is 0 Å². The summed E-state index contributed by atoms with van der Waals surface area (Å²) in [5.41, 5.74) is 17.6. The van der Waals surface area contributed by atoms with Crippen LogP contribution in [0.5, 0.6) is 0 Å². The molecule has 294 valence electrons. The number of benzene rings is 9. The Morgan fingerprint density at radius 1 is 0.387 bits per heavy atom. The first-order valence-electron chi connectivity index (χ1n) is 21.2. The maximum atomic E-state index is 3.52. The van der Waals surface area contributed by atoms with Crippen molar-refractivity contribution < 1.29 is 0 Å². The van der Waals surface area contributed by atoms with Crippen LogP contribution in [0.3, 0.4) is 0 Å². The van der Waals surface area contributed by atoms with Crippen molar-refractivity contribution in [2.24, 2.45) is 0 Å². The molecule has 0 radical (unpaired) electrons. The van der Waals surface area contributed by atoms with Crippen molar-refractivity contribution in [3.8, 4) is 50.2 Å². The van der Waals surface area contributed by atoms with Gasteiger partial charge < -0.3 is 9.88 Å². The summed E-state index contributed by atoms with van der Waals surface area (Å²) in [6, 6.07) is 82.3. The SMILES string of the molecule is C(=C/c1ccc(-c2ccccc2)cc1)/C(=C\C=C\Nc1cccc(-c2cccc(-c3ccc4c(c3)c3ccccc3n4-c3ccc(-c4ccccc4)cc3)c2)c1)c1ccccc1. The number of allylic oxidation sites excluding steroid dienone is 4. The molecule has 0 spiro atoms. The molecule has 0 aliphatic carbocycles. The Hall–Kier alpha value is -8.20. The molecule has 0 aliphatic rings. The van der Waals surface area contributed by atoms with Crippen LogP contribution in [0.2, 0.25) is 0 Å². The molecule has 0 saturated carbocycles. The van der Waals surface area contributed by atoms with Crippen LogP contribution >= 0.6 is 0 Å². The predicted molar refractivity (Wildman–Crippen MR) is 265 cm³/mol. The summed E-state index contributed by atoms with van der Waals surface area (Å²) in [4.78, 5) is 0. The zero-order chi connectivity index (χ0) is 41.5. The Labute approximate surface area is 363 Å². The monoisotopic (exact) mass is 792 g/mol. The minimum absolute atomic E-state index is 1.03. The van der Waals surface area contributed by atoms with Crippen LogP contribution in [0, 0.1) is 0 Å². The van der Waals surface area contributed by atoms with E-state index in [1.54, 1.807) is 0 Å². The minimum Gasteiger partial charge on any atom is -0.362 e. The quantitative estimate of drug-likeness (QED) is 0.129. The van der Waals surface area contributed by atoms with Gasteiger partial charge in [-0.15, -0.1) is 0 Å². The van der Waals surface area contributed by atoms with Crippen LogP contribution in [0.15, 0.2) is 255 Å². The van der Waals surface area contributed by atoms with Crippen LogP contribution in [-0.2, 0) is 0 Å². The third-order valence-electron chi connectivity index (χ3n) is 11.5. The first-order valence-corrected chi connectivity index (χ1v) is 21.2. The van der Waals surface area contributed by atoms with Crippen LogP contribution in [0.4, 0.5) is 5.69 Å². The molecule has 0 bridgehead atoms. The molecule has 2 heteroatoms. The van der Waals surface area contributed by atoms with Gasteiger partial charge in [-0.25, -0.2) is 0 Å². The van der Waals surface area contributed by atoms with E-state index in [-0.39, 0.29) is 0 Å². The Bertz CT molecular complexity index is 3210. The summed E-state index contributed by atoms with van der Waals surface area (Å²) in [5, 5.41) is 6.00. The molecular formula is C60H44N2. The van der Waals surface area contributed by atoms with Gasteiger partial charge in [-0.3, -0.25) is 0 Å². The molecule has 2 nitrogen and oxygen atoms in total. The molecule has 1 aromatic heterocycles. The van der Waals surface area contributed by atoms with E-state index in [0.29, 0.717) is 0 Å². The number of hydrogen-bond donors (Lipinski definition) is 1. The van der Waals surface area contributed by atoms with Crippen molar-refractivity contribution in [1.82, 2.24) is 4.57 Å². The molecular weight excluding hydrogens is 749 g/mol. The van der Waals surface area contributed by atoms with Gasteiger partial charge in [-0.1, -0.05) is 200 Å². The summed E-state index contributed by atoms with van der Waals surface area (Å²) >= 11 is 0. The number of anilines is 1. The highest BCUT2D eigenvalue weighted by Crippen LogP contribution is 2.36. The topological polar surface area (TPSA) is 17.0 Å². The summed E-state index contributed by atoms with van der Waals surface area (Å²) in [7, 11) is 0. The number of rotatable bonds is 11. The second-order valence-electron chi connectivity index (χ2n) is 15.5. The van der Waals surface area contributed by atoms with Gasteiger partial charge in [0.1, 0.15) is 0 Å². The van der Waals surface area contributed by atoms with E-state index >= 15 is 0 Å². The molecule has 0 fully saturated rings.